The minimum atomic E-state index is -0.689. The van der Waals surface area contributed by atoms with E-state index in [2.05, 4.69) is 5.32 Å². The summed E-state index contributed by atoms with van der Waals surface area (Å²) in [6.45, 7) is 1.45. The lowest BCUT2D eigenvalue weighted by molar-refractivity contribution is -0.141. The van der Waals surface area contributed by atoms with Crippen LogP contribution in [-0.2, 0) is 33.7 Å². The molecule has 37 heavy (non-hydrogen) atoms. The van der Waals surface area contributed by atoms with Gasteiger partial charge in [0.25, 0.3) is 0 Å². The highest BCUT2D eigenvalue weighted by Crippen LogP contribution is 2.20. The van der Waals surface area contributed by atoms with Gasteiger partial charge in [-0.1, -0.05) is 66.2 Å². The first-order valence-corrected chi connectivity index (χ1v) is 13.0. The lowest BCUT2D eigenvalue weighted by Crippen LogP contribution is -2.52. The molecule has 2 amide bonds. The number of halogens is 1. The van der Waals surface area contributed by atoms with Gasteiger partial charge in [0.2, 0.25) is 11.8 Å². The molecule has 0 spiro atoms. The summed E-state index contributed by atoms with van der Waals surface area (Å²) in [5.41, 5.74) is 2.74. The minimum Gasteiger partial charge on any atom is -0.497 e. The average molecular weight is 521 g/mol. The Kier molecular flexibility index (Phi) is 9.58. The van der Waals surface area contributed by atoms with Crippen LogP contribution >= 0.6 is 11.6 Å². The van der Waals surface area contributed by atoms with Crippen LogP contribution in [-0.4, -0.2) is 49.1 Å². The van der Waals surface area contributed by atoms with E-state index in [1.807, 2.05) is 66.7 Å². The largest absolute Gasteiger partial charge is 0.497 e. The number of rotatable bonds is 11. The van der Waals surface area contributed by atoms with Crippen LogP contribution in [0.2, 0.25) is 5.02 Å². The lowest BCUT2D eigenvalue weighted by Gasteiger charge is -2.32. The minimum absolute atomic E-state index is 0.0149. The molecule has 3 aromatic carbocycles. The highest BCUT2D eigenvalue weighted by Gasteiger charge is 2.31. The predicted molar refractivity (Wildman–Crippen MR) is 145 cm³/mol. The summed E-state index contributed by atoms with van der Waals surface area (Å²) in [7, 11) is 1.62. The van der Waals surface area contributed by atoms with E-state index < -0.39 is 6.04 Å². The number of hydrogen-bond donors (Lipinski definition) is 1. The zero-order valence-corrected chi connectivity index (χ0v) is 21.8. The lowest BCUT2D eigenvalue weighted by atomic mass is 10.0. The summed E-state index contributed by atoms with van der Waals surface area (Å²) in [6.07, 6.45) is 2.51. The van der Waals surface area contributed by atoms with Gasteiger partial charge in [-0.25, -0.2) is 0 Å². The third-order valence-corrected chi connectivity index (χ3v) is 6.83. The molecule has 2 atom stereocenters. The second-order valence-electron chi connectivity index (χ2n) is 9.26. The summed E-state index contributed by atoms with van der Waals surface area (Å²) in [4.78, 5) is 29.1. The first kappa shape index (κ1) is 26.7. The predicted octanol–water partition coefficient (Wildman–Crippen LogP) is 4.83. The number of benzene rings is 3. The molecule has 0 saturated carbocycles. The van der Waals surface area contributed by atoms with E-state index >= 15 is 0 Å². The van der Waals surface area contributed by atoms with Crippen molar-refractivity contribution in [2.45, 2.75) is 44.4 Å². The SMILES string of the molecule is COc1ccc(CN(C(=O)Cc2ccc(Cl)cc2)C(Cc2ccccc2)C(=O)NCC2CCCO2)cc1. The number of carbonyl (C=O) groups is 2. The third kappa shape index (κ3) is 7.81. The van der Waals surface area contributed by atoms with Crippen molar-refractivity contribution in [1.82, 2.24) is 10.2 Å². The summed E-state index contributed by atoms with van der Waals surface area (Å²) in [5, 5.41) is 3.67. The zero-order chi connectivity index (χ0) is 26.0. The summed E-state index contributed by atoms with van der Waals surface area (Å²) >= 11 is 6.04. The molecule has 1 fully saturated rings. The van der Waals surface area contributed by atoms with E-state index in [4.69, 9.17) is 21.1 Å². The highest BCUT2D eigenvalue weighted by molar-refractivity contribution is 6.30. The van der Waals surface area contributed by atoms with Gasteiger partial charge in [-0.05, 0) is 53.8 Å². The maximum atomic E-state index is 13.8. The molecule has 4 rings (SSSR count). The standard InChI is InChI=1S/C30H33ClN2O4/c1-36-26-15-11-24(12-16-26)21-33(29(34)19-23-9-13-25(31)14-10-23)28(18-22-6-3-2-4-7-22)30(35)32-20-27-8-5-17-37-27/h2-4,6-7,9-16,27-28H,5,8,17-21H2,1H3,(H,32,35). The van der Waals surface area contributed by atoms with Crippen LogP contribution in [0.15, 0.2) is 78.9 Å². The van der Waals surface area contributed by atoms with Crippen molar-refractivity contribution in [2.24, 2.45) is 0 Å². The van der Waals surface area contributed by atoms with Crippen molar-refractivity contribution in [3.63, 3.8) is 0 Å². The second-order valence-corrected chi connectivity index (χ2v) is 9.70. The van der Waals surface area contributed by atoms with Gasteiger partial charge in [0, 0.05) is 31.1 Å². The first-order chi connectivity index (χ1) is 18.0. The molecule has 3 aromatic rings. The molecule has 0 radical (unpaired) electrons. The van der Waals surface area contributed by atoms with E-state index in [9.17, 15) is 9.59 Å². The Labute approximate surface area is 223 Å². The van der Waals surface area contributed by atoms with E-state index in [1.54, 1.807) is 24.1 Å². The Hall–Kier alpha value is -3.35. The number of ether oxygens (including phenoxy) is 2. The van der Waals surface area contributed by atoms with E-state index in [0.29, 0.717) is 24.5 Å². The van der Waals surface area contributed by atoms with Crippen LogP contribution in [0.3, 0.4) is 0 Å². The maximum absolute atomic E-state index is 13.8. The maximum Gasteiger partial charge on any atom is 0.243 e. The van der Waals surface area contributed by atoms with Crippen molar-refractivity contribution in [3.05, 3.63) is 101 Å². The number of nitrogens with one attached hydrogen (secondary N) is 1. The molecule has 1 N–H and O–H groups in total. The van der Waals surface area contributed by atoms with Crippen molar-refractivity contribution in [3.8, 4) is 5.75 Å². The van der Waals surface area contributed by atoms with Gasteiger partial charge in [0.15, 0.2) is 0 Å². The first-order valence-electron chi connectivity index (χ1n) is 12.6. The fourth-order valence-electron chi connectivity index (χ4n) is 4.50. The van der Waals surface area contributed by atoms with Gasteiger partial charge in [0.1, 0.15) is 11.8 Å². The van der Waals surface area contributed by atoms with Gasteiger partial charge in [-0.15, -0.1) is 0 Å². The van der Waals surface area contributed by atoms with Crippen molar-refractivity contribution < 1.29 is 19.1 Å². The quantitative estimate of drug-likeness (QED) is 0.393. The van der Waals surface area contributed by atoms with Crippen LogP contribution in [0.4, 0.5) is 0 Å². The van der Waals surface area contributed by atoms with Gasteiger partial charge >= 0.3 is 0 Å². The second kappa shape index (κ2) is 13.3. The molecule has 1 aliphatic heterocycles. The Bertz CT molecular complexity index is 1150. The number of methoxy groups -OCH3 is 1. The van der Waals surface area contributed by atoms with Crippen LogP contribution < -0.4 is 10.1 Å². The van der Waals surface area contributed by atoms with Crippen molar-refractivity contribution in [1.29, 1.82) is 0 Å². The fraction of sp³-hybridized carbons (Fsp3) is 0.333. The zero-order valence-electron chi connectivity index (χ0n) is 21.1. The van der Waals surface area contributed by atoms with Crippen LogP contribution in [0, 0.1) is 0 Å². The molecular formula is C30H33ClN2O4. The van der Waals surface area contributed by atoms with E-state index in [-0.39, 0.29) is 24.3 Å². The molecule has 2 unspecified atom stereocenters. The monoisotopic (exact) mass is 520 g/mol. The molecule has 1 heterocycles. The number of amides is 2. The molecule has 6 nitrogen and oxygen atoms in total. The topological polar surface area (TPSA) is 67.9 Å². The molecule has 7 heteroatoms. The smallest absolute Gasteiger partial charge is 0.243 e. The fourth-order valence-corrected chi connectivity index (χ4v) is 4.62. The Morgan fingerprint density at radius 3 is 2.35 bits per heavy atom. The molecule has 0 aromatic heterocycles. The van der Waals surface area contributed by atoms with Gasteiger partial charge in [-0.3, -0.25) is 9.59 Å². The van der Waals surface area contributed by atoms with E-state index in [0.717, 1.165) is 41.9 Å². The average Bonchev–Trinajstić information content (AvgIpc) is 3.45. The molecule has 0 aliphatic carbocycles. The normalized spacial score (nSPS) is 15.7. The number of hydrogen-bond acceptors (Lipinski definition) is 4. The van der Waals surface area contributed by atoms with Crippen molar-refractivity contribution >= 4 is 23.4 Å². The van der Waals surface area contributed by atoms with Crippen molar-refractivity contribution in [2.75, 3.05) is 20.3 Å². The molecule has 1 aliphatic rings. The van der Waals surface area contributed by atoms with Crippen LogP contribution in [0.5, 0.6) is 5.75 Å². The van der Waals surface area contributed by atoms with Gasteiger partial charge < -0.3 is 19.7 Å². The summed E-state index contributed by atoms with van der Waals surface area (Å²) in [5.74, 6) is 0.418. The third-order valence-electron chi connectivity index (χ3n) is 6.58. The van der Waals surface area contributed by atoms with Crippen LogP contribution in [0.1, 0.15) is 29.5 Å². The van der Waals surface area contributed by atoms with Gasteiger partial charge in [0.05, 0.1) is 19.6 Å². The van der Waals surface area contributed by atoms with Crippen LogP contribution in [0.25, 0.3) is 0 Å². The Morgan fingerprint density at radius 1 is 1.00 bits per heavy atom. The Morgan fingerprint density at radius 2 is 1.70 bits per heavy atom. The molecule has 1 saturated heterocycles. The number of carbonyl (C=O) groups excluding carboxylic acids is 2. The van der Waals surface area contributed by atoms with Gasteiger partial charge in [-0.2, -0.15) is 0 Å². The Balaban J connectivity index is 1.61. The summed E-state index contributed by atoms with van der Waals surface area (Å²) in [6, 6.07) is 23.9. The molecular weight excluding hydrogens is 488 g/mol. The van der Waals surface area contributed by atoms with E-state index in [1.165, 1.54) is 0 Å². The highest BCUT2D eigenvalue weighted by atomic mass is 35.5. The molecule has 0 bridgehead atoms. The molecule has 194 valence electrons. The number of nitrogens with zero attached hydrogens (tertiary/aromatic N) is 1. The summed E-state index contributed by atoms with van der Waals surface area (Å²) < 4.78 is 11.0.